The maximum absolute atomic E-state index is 12.5. The molecule has 1 aliphatic heterocycles. The summed E-state index contributed by atoms with van der Waals surface area (Å²) in [5, 5.41) is 9.00. The molecular weight excluding hydrogens is 247 g/mol. The Balaban J connectivity index is 2.10. The van der Waals surface area contributed by atoms with Gasteiger partial charge in [-0.2, -0.15) is 13.2 Å². The van der Waals surface area contributed by atoms with Crippen molar-refractivity contribution in [3.8, 4) is 0 Å². The number of hydrogen-bond acceptors (Lipinski definition) is 4. The van der Waals surface area contributed by atoms with Gasteiger partial charge in [-0.15, -0.1) is 0 Å². The van der Waals surface area contributed by atoms with Crippen molar-refractivity contribution in [3.63, 3.8) is 0 Å². The van der Waals surface area contributed by atoms with E-state index in [0.29, 0.717) is 13.1 Å². The first-order valence-electron chi connectivity index (χ1n) is 5.77. The largest absolute Gasteiger partial charge is 0.433 e. The van der Waals surface area contributed by atoms with E-state index in [1.165, 1.54) is 0 Å². The van der Waals surface area contributed by atoms with Crippen LogP contribution in [-0.4, -0.2) is 34.8 Å². The van der Waals surface area contributed by atoms with E-state index in [9.17, 15) is 13.2 Å². The first-order valence-corrected chi connectivity index (χ1v) is 5.77. The molecule has 1 N–H and O–H groups in total. The Morgan fingerprint density at radius 1 is 1.33 bits per heavy atom. The summed E-state index contributed by atoms with van der Waals surface area (Å²) < 4.78 is 37.5. The summed E-state index contributed by atoms with van der Waals surface area (Å²) in [4.78, 5) is 9.15. The number of piperidine rings is 1. The predicted octanol–water partition coefficient (Wildman–Crippen LogP) is 1.70. The summed E-state index contributed by atoms with van der Waals surface area (Å²) >= 11 is 0. The molecule has 0 amide bonds. The smallest absolute Gasteiger partial charge is 0.396 e. The second-order valence-electron chi connectivity index (χ2n) is 4.35. The fourth-order valence-corrected chi connectivity index (χ4v) is 1.97. The van der Waals surface area contributed by atoms with Crippen molar-refractivity contribution in [2.45, 2.75) is 19.0 Å². The van der Waals surface area contributed by atoms with E-state index in [1.54, 1.807) is 4.90 Å². The second-order valence-corrected chi connectivity index (χ2v) is 4.35. The maximum Gasteiger partial charge on any atom is 0.433 e. The van der Waals surface area contributed by atoms with Gasteiger partial charge in [0.15, 0.2) is 0 Å². The molecule has 1 saturated heterocycles. The van der Waals surface area contributed by atoms with Gasteiger partial charge < -0.3 is 10.0 Å². The van der Waals surface area contributed by atoms with Crippen LogP contribution in [-0.2, 0) is 6.18 Å². The fraction of sp³-hybridized carbons (Fsp3) is 0.636. The number of rotatable bonds is 2. The number of nitrogens with zero attached hydrogens (tertiary/aromatic N) is 3. The molecule has 100 valence electrons. The van der Waals surface area contributed by atoms with Gasteiger partial charge in [0, 0.05) is 25.9 Å². The van der Waals surface area contributed by atoms with E-state index in [2.05, 4.69) is 9.97 Å². The van der Waals surface area contributed by atoms with Crippen molar-refractivity contribution in [2.75, 3.05) is 24.6 Å². The normalized spacial score (nSPS) is 18.1. The van der Waals surface area contributed by atoms with Crippen LogP contribution in [0.1, 0.15) is 18.5 Å². The summed E-state index contributed by atoms with van der Waals surface area (Å²) in [6.45, 7) is 1.27. The zero-order valence-electron chi connectivity index (χ0n) is 9.69. The molecule has 0 atom stereocenters. The van der Waals surface area contributed by atoms with Gasteiger partial charge in [0.25, 0.3) is 0 Å². The van der Waals surface area contributed by atoms with Crippen molar-refractivity contribution >= 4 is 5.95 Å². The Labute approximate surface area is 102 Å². The third kappa shape index (κ3) is 2.90. The Bertz CT molecular complexity index is 403. The molecule has 2 heterocycles. The lowest BCUT2D eigenvalue weighted by molar-refractivity contribution is -0.141. The molecule has 2 rings (SSSR count). The minimum Gasteiger partial charge on any atom is -0.396 e. The summed E-state index contributed by atoms with van der Waals surface area (Å²) in [6.07, 6.45) is -1.82. The Hall–Kier alpha value is -1.37. The standard InChI is InChI=1S/C11H14F3N3O/c12-11(13,14)9-1-4-15-10(16-9)17-5-2-8(7-18)3-6-17/h1,4,8,18H,2-3,5-7H2. The molecule has 0 bridgehead atoms. The number of hydrogen-bond donors (Lipinski definition) is 1. The first-order chi connectivity index (χ1) is 8.50. The highest BCUT2D eigenvalue weighted by molar-refractivity contribution is 5.31. The van der Waals surface area contributed by atoms with Crippen LogP contribution in [0.4, 0.5) is 19.1 Å². The van der Waals surface area contributed by atoms with Gasteiger partial charge in [0.1, 0.15) is 5.69 Å². The molecule has 1 aliphatic rings. The van der Waals surface area contributed by atoms with Crippen LogP contribution in [0.25, 0.3) is 0 Å². The minimum absolute atomic E-state index is 0.112. The predicted molar refractivity (Wildman–Crippen MR) is 59.1 cm³/mol. The van der Waals surface area contributed by atoms with Gasteiger partial charge in [-0.25, -0.2) is 9.97 Å². The summed E-state index contributed by atoms with van der Waals surface area (Å²) in [5.41, 5.74) is -0.920. The van der Waals surface area contributed by atoms with Crippen LogP contribution in [0.3, 0.4) is 0 Å². The molecule has 1 aromatic heterocycles. The molecule has 0 saturated carbocycles. The molecule has 1 aromatic rings. The third-order valence-corrected chi connectivity index (χ3v) is 3.09. The van der Waals surface area contributed by atoms with Gasteiger partial charge in [0.05, 0.1) is 0 Å². The molecular formula is C11H14F3N3O. The molecule has 0 radical (unpaired) electrons. The van der Waals surface area contributed by atoms with Crippen LogP contribution >= 0.6 is 0 Å². The Morgan fingerprint density at radius 2 is 2.00 bits per heavy atom. The number of anilines is 1. The summed E-state index contributed by atoms with van der Waals surface area (Å²) in [7, 11) is 0. The monoisotopic (exact) mass is 261 g/mol. The lowest BCUT2D eigenvalue weighted by Crippen LogP contribution is -2.36. The Morgan fingerprint density at radius 3 is 2.56 bits per heavy atom. The highest BCUT2D eigenvalue weighted by atomic mass is 19.4. The molecule has 0 aliphatic carbocycles. The van der Waals surface area contributed by atoms with Gasteiger partial charge >= 0.3 is 6.18 Å². The zero-order chi connectivity index (χ0) is 13.2. The van der Waals surface area contributed by atoms with E-state index in [0.717, 1.165) is 25.1 Å². The number of halogens is 3. The maximum atomic E-state index is 12.5. The Kier molecular flexibility index (Phi) is 3.70. The van der Waals surface area contributed by atoms with E-state index in [-0.39, 0.29) is 18.5 Å². The third-order valence-electron chi connectivity index (χ3n) is 3.09. The second kappa shape index (κ2) is 5.09. The summed E-state index contributed by atoms with van der Waals surface area (Å²) in [5.74, 6) is 0.341. The molecule has 0 unspecified atom stereocenters. The summed E-state index contributed by atoms with van der Waals surface area (Å²) in [6, 6.07) is 0.865. The average molecular weight is 261 g/mol. The average Bonchev–Trinajstić information content (AvgIpc) is 2.38. The van der Waals surface area contributed by atoms with E-state index < -0.39 is 11.9 Å². The van der Waals surface area contributed by atoms with Crippen molar-refractivity contribution in [1.29, 1.82) is 0 Å². The topological polar surface area (TPSA) is 49.2 Å². The van der Waals surface area contributed by atoms with Crippen molar-refractivity contribution in [1.82, 2.24) is 9.97 Å². The molecule has 1 fully saturated rings. The lowest BCUT2D eigenvalue weighted by Gasteiger charge is -2.31. The highest BCUT2D eigenvalue weighted by Gasteiger charge is 2.33. The van der Waals surface area contributed by atoms with Crippen molar-refractivity contribution < 1.29 is 18.3 Å². The number of alkyl halides is 3. The van der Waals surface area contributed by atoms with E-state index in [1.807, 2.05) is 0 Å². The van der Waals surface area contributed by atoms with Crippen LogP contribution in [0, 0.1) is 5.92 Å². The SMILES string of the molecule is OCC1CCN(c2nccc(C(F)(F)F)n2)CC1. The van der Waals surface area contributed by atoms with Crippen LogP contribution in [0.5, 0.6) is 0 Å². The van der Waals surface area contributed by atoms with E-state index >= 15 is 0 Å². The molecule has 7 heteroatoms. The van der Waals surface area contributed by atoms with Crippen molar-refractivity contribution in [2.24, 2.45) is 5.92 Å². The van der Waals surface area contributed by atoms with Gasteiger partial charge in [-0.1, -0.05) is 0 Å². The van der Waals surface area contributed by atoms with Crippen LogP contribution in [0.2, 0.25) is 0 Å². The van der Waals surface area contributed by atoms with Crippen LogP contribution in [0.15, 0.2) is 12.3 Å². The minimum atomic E-state index is -4.44. The fourth-order valence-electron chi connectivity index (χ4n) is 1.97. The quantitative estimate of drug-likeness (QED) is 0.880. The lowest BCUT2D eigenvalue weighted by atomic mass is 9.98. The van der Waals surface area contributed by atoms with E-state index in [4.69, 9.17) is 5.11 Å². The number of aromatic nitrogens is 2. The first kappa shape index (κ1) is 13.1. The molecule has 0 aromatic carbocycles. The molecule has 0 spiro atoms. The van der Waals surface area contributed by atoms with Gasteiger partial charge in [-0.3, -0.25) is 0 Å². The molecule has 18 heavy (non-hydrogen) atoms. The van der Waals surface area contributed by atoms with Gasteiger partial charge in [-0.05, 0) is 24.8 Å². The molecule has 4 nitrogen and oxygen atoms in total. The van der Waals surface area contributed by atoms with Gasteiger partial charge in [0.2, 0.25) is 5.95 Å². The zero-order valence-corrected chi connectivity index (χ0v) is 9.69. The highest BCUT2D eigenvalue weighted by Crippen LogP contribution is 2.28. The number of aliphatic hydroxyl groups is 1. The van der Waals surface area contributed by atoms with Crippen molar-refractivity contribution in [3.05, 3.63) is 18.0 Å². The van der Waals surface area contributed by atoms with Crippen LogP contribution < -0.4 is 4.90 Å². The number of aliphatic hydroxyl groups excluding tert-OH is 1.